The smallest absolute Gasteiger partial charge is 0.340 e. The van der Waals surface area contributed by atoms with Crippen molar-refractivity contribution in [3.63, 3.8) is 0 Å². The highest BCUT2D eigenvalue weighted by molar-refractivity contribution is 5.77. The maximum Gasteiger partial charge on any atom is 0.340 e. The number of hydrogen-bond donors (Lipinski definition) is 0. The molecule has 2 aromatic carbocycles. The predicted octanol–water partition coefficient (Wildman–Crippen LogP) is 5.24. The van der Waals surface area contributed by atoms with Crippen molar-refractivity contribution in [3.05, 3.63) is 66.5 Å². The summed E-state index contributed by atoms with van der Waals surface area (Å²) in [5, 5.41) is 0. The Bertz CT molecular complexity index is 961. The fourth-order valence-electron chi connectivity index (χ4n) is 3.49. The quantitative estimate of drug-likeness (QED) is 0.400. The maximum atomic E-state index is 12.0. The molecule has 1 aliphatic heterocycles. The van der Waals surface area contributed by atoms with Gasteiger partial charge in [0.2, 0.25) is 0 Å². The van der Waals surface area contributed by atoms with E-state index in [1.807, 2.05) is 24.5 Å². The van der Waals surface area contributed by atoms with E-state index >= 15 is 0 Å². The van der Waals surface area contributed by atoms with Crippen LogP contribution in [-0.2, 0) is 16.0 Å². The van der Waals surface area contributed by atoms with Crippen LogP contribution in [0.5, 0.6) is 5.75 Å². The molecule has 1 unspecified atom stereocenters. The summed E-state index contributed by atoms with van der Waals surface area (Å²) in [5.41, 5.74) is 4.33. The first-order valence-electron chi connectivity index (χ1n) is 10.6. The van der Waals surface area contributed by atoms with Gasteiger partial charge < -0.3 is 9.47 Å². The van der Waals surface area contributed by atoms with E-state index in [9.17, 15) is 4.79 Å². The molecule has 0 bridgehead atoms. The van der Waals surface area contributed by atoms with E-state index in [1.165, 1.54) is 18.4 Å². The molecule has 0 amide bonds. The van der Waals surface area contributed by atoms with Gasteiger partial charge in [0.05, 0.1) is 0 Å². The SMILES string of the molecule is CCCCc1ccc(-c2cnc(-c3ccc(OC(=O)C4CCCO4)cc3)nc2)cc1. The molecule has 1 aromatic heterocycles. The van der Waals surface area contributed by atoms with Crippen molar-refractivity contribution in [2.75, 3.05) is 6.61 Å². The Balaban J connectivity index is 1.40. The highest BCUT2D eigenvalue weighted by Crippen LogP contribution is 2.24. The van der Waals surface area contributed by atoms with Crippen molar-refractivity contribution in [2.24, 2.45) is 0 Å². The molecule has 0 N–H and O–H groups in total. The van der Waals surface area contributed by atoms with Gasteiger partial charge in [0, 0.05) is 30.1 Å². The summed E-state index contributed by atoms with van der Waals surface area (Å²) in [7, 11) is 0. The van der Waals surface area contributed by atoms with Crippen LogP contribution in [-0.4, -0.2) is 28.6 Å². The zero-order valence-corrected chi connectivity index (χ0v) is 17.2. The normalized spacial score (nSPS) is 15.8. The number of benzene rings is 2. The molecule has 0 aliphatic carbocycles. The Morgan fingerprint density at radius 2 is 1.70 bits per heavy atom. The highest BCUT2D eigenvalue weighted by Gasteiger charge is 2.25. The minimum Gasteiger partial charge on any atom is -0.425 e. The van der Waals surface area contributed by atoms with Crippen molar-refractivity contribution < 1.29 is 14.3 Å². The Hall–Kier alpha value is -3.05. The Morgan fingerprint density at radius 1 is 1.00 bits per heavy atom. The molecule has 3 aromatic rings. The second-order valence-corrected chi connectivity index (χ2v) is 7.54. The van der Waals surface area contributed by atoms with Gasteiger partial charge in [-0.3, -0.25) is 0 Å². The van der Waals surface area contributed by atoms with Crippen LogP contribution in [0.4, 0.5) is 0 Å². The van der Waals surface area contributed by atoms with Crippen molar-refractivity contribution >= 4 is 5.97 Å². The predicted molar refractivity (Wildman–Crippen MR) is 116 cm³/mol. The summed E-state index contributed by atoms with van der Waals surface area (Å²) >= 11 is 0. The van der Waals surface area contributed by atoms with Gasteiger partial charge in [-0.05, 0) is 61.1 Å². The summed E-state index contributed by atoms with van der Waals surface area (Å²) in [6, 6.07) is 15.8. The summed E-state index contributed by atoms with van der Waals surface area (Å²) in [6.07, 6.45) is 8.39. The van der Waals surface area contributed by atoms with Gasteiger partial charge in [0.1, 0.15) is 5.75 Å². The average Bonchev–Trinajstić information content (AvgIpc) is 3.34. The standard InChI is InChI=1S/C25H26N2O3/c1-2-3-5-18-7-9-19(10-8-18)21-16-26-24(27-17-21)20-11-13-22(14-12-20)30-25(28)23-6-4-15-29-23/h7-14,16-17,23H,2-6,15H2,1H3. The van der Waals surface area contributed by atoms with Crippen LogP contribution in [0.1, 0.15) is 38.2 Å². The van der Waals surface area contributed by atoms with Gasteiger partial charge in [0.15, 0.2) is 11.9 Å². The second kappa shape index (κ2) is 9.63. The summed E-state index contributed by atoms with van der Waals surface area (Å²) < 4.78 is 10.8. The molecule has 154 valence electrons. The van der Waals surface area contributed by atoms with Crippen LogP contribution in [0.3, 0.4) is 0 Å². The Kier molecular flexibility index (Phi) is 6.50. The van der Waals surface area contributed by atoms with Gasteiger partial charge in [-0.2, -0.15) is 0 Å². The Morgan fingerprint density at radius 3 is 2.33 bits per heavy atom. The lowest BCUT2D eigenvalue weighted by Crippen LogP contribution is -2.24. The lowest BCUT2D eigenvalue weighted by Gasteiger charge is -2.09. The van der Waals surface area contributed by atoms with Gasteiger partial charge in [0.25, 0.3) is 0 Å². The fraction of sp³-hybridized carbons (Fsp3) is 0.320. The minimum absolute atomic E-state index is 0.332. The Labute approximate surface area is 177 Å². The monoisotopic (exact) mass is 402 g/mol. The number of aromatic nitrogens is 2. The van der Waals surface area contributed by atoms with Crippen molar-refractivity contribution in [3.8, 4) is 28.3 Å². The largest absolute Gasteiger partial charge is 0.425 e. The van der Waals surface area contributed by atoms with E-state index < -0.39 is 6.10 Å². The molecule has 0 saturated carbocycles. The molecule has 0 radical (unpaired) electrons. The average molecular weight is 402 g/mol. The molecule has 1 fully saturated rings. The lowest BCUT2D eigenvalue weighted by atomic mass is 10.0. The molecular formula is C25H26N2O3. The van der Waals surface area contributed by atoms with Crippen molar-refractivity contribution in [1.82, 2.24) is 9.97 Å². The third-order valence-electron chi connectivity index (χ3n) is 5.28. The van der Waals surface area contributed by atoms with E-state index in [0.717, 1.165) is 36.0 Å². The summed E-state index contributed by atoms with van der Waals surface area (Å²) in [5.74, 6) is 0.802. The van der Waals surface area contributed by atoms with Gasteiger partial charge in [-0.25, -0.2) is 14.8 Å². The first-order valence-corrected chi connectivity index (χ1v) is 10.6. The van der Waals surface area contributed by atoms with Gasteiger partial charge in [-0.15, -0.1) is 0 Å². The van der Waals surface area contributed by atoms with Crippen LogP contribution in [0, 0.1) is 0 Å². The first kappa shape index (κ1) is 20.2. The molecule has 2 heterocycles. The van der Waals surface area contributed by atoms with E-state index in [4.69, 9.17) is 9.47 Å². The number of ether oxygens (including phenoxy) is 2. The molecule has 1 atom stereocenters. The van der Waals surface area contributed by atoms with E-state index in [1.54, 1.807) is 12.1 Å². The van der Waals surface area contributed by atoms with Crippen LogP contribution < -0.4 is 4.74 Å². The third-order valence-corrected chi connectivity index (χ3v) is 5.28. The van der Waals surface area contributed by atoms with E-state index in [0.29, 0.717) is 18.2 Å². The number of aryl methyl sites for hydroxylation is 1. The van der Waals surface area contributed by atoms with Crippen LogP contribution in [0.15, 0.2) is 60.9 Å². The summed E-state index contributed by atoms with van der Waals surface area (Å²) in [6.45, 7) is 2.83. The van der Waals surface area contributed by atoms with Crippen LogP contribution >= 0.6 is 0 Å². The molecule has 5 heteroatoms. The molecule has 1 saturated heterocycles. The molecular weight excluding hydrogens is 376 g/mol. The second-order valence-electron chi connectivity index (χ2n) is 7.54. The number of carbonyl (C=O) groups excluding carboxylic acids is 1. The van der Waals surface area contributed by atoms with Crippen LogP contribution in [0.25, 0.3) is 22.5 Å². The summed E-state index contributed by atoms with van der Waals surface area (Å²) in [4.78, 5) is 21.1. The first-order chi connectivity index (χ1) is 14.7. The van der Waals surface area contributed by atoms with Gasteiger partial charge >= 0.3 is 5.97 Å². The fourth-order valence-corrected chi connectivity index (χ4v) is 3.49. The topological polar surface area (TPSA) is 61.3 Å². The number of esters is 1. The molecule has 5 nitrogen and oxygen atoms in total. The molecule has 1 aliphatic rings. The number of unbranched alkanes of at least 4 members (excludes halogenated alkanes) is 1. The lowest BCUT2D eigenvalue weighted by molar-refractivity contribution is -0.144. The molecule has 0 spiro atoms. The van der Waals surface area contributed by atoms with E-state index in [-0.39, 0.29) is 5.97 Å². The van der Waals surface area contributed by atoms with Gasteiger partial charge in [-0.1, -0.05) is 37.6 Å². The molecule has 30 heavy (non-hydrogen) atoms. The van der Waals surface area contributed by atoms with E-state index in [2.05, 4.69) is 41.2 Å². The number of carbonyl (C=O) groups is 1. The zero-order valence-electron chi connectivity index (χ0n) is 17.2. The number of hydrogen-bond acceptors (Lipinski definition) is 5. The third kappa shape index (κ3) is 4.92. The maximum absolute atomic E-state index is 12.0. The van der Waals surface area contributed by atoms with Crippen molar-refractivity contribution in [2.45, 2.75) is 45.1 Å². The zero-order chi connectivity index (χ0) is 20.8. The highest BCUT2D eigenvalue weighted by atomic mass is 16.6. The van der Waals surface area contributed by atoms with Crippen LogP contribution in [0.2, 0.25) is 0 Å². The number of nitrogens with zero attached hydrogens (tertiary/aromatic N) is 2. The van der Waals surface area contributed by atoms with Crippen molar-refractivity contribution in [1.29, 1.82) is 0 Å². The number of rotatable bonds is 7. The molecule has 4 rings (SSSR count). The minimum atomic E-state index is -0.443.